The molecule has 78 valence electrons. The van der Waals surface area contributed by atoms with Crippen LogP contribution in [-0.2, 0) is 6.42 Å². The Kier molecular flexibility index (Phi) is 2.88. The summed E-state index contributed by atoms with van der Waals surface area (Å²) in [6.07, 6.45) is 1.74. The molecule has 0 aliphatic heterocycles. The molecule has 0 heterocycles. The van der Waals surface area contributed by atoms with E-state index in [2.05, 4.69) is 6.07 Å². The minimum atomic E-state index is 0.377. The van der Waals surface area contributed by atoms with E-state index in [1.165, 1.54) is 5.39 Å². The molecule has 0 saturated heterocycles. The molecule has 3 N–H and O–H groups in total. The zero-order valence-electron chi connectivity index (χ0n) is 8.61. The maximum absolute atomic E-state index is 9.79. The summed E-state index contributed by atoms with van der Waals surface area (Å²) in [5.74, 6) is 0.377. The molecule has 2 aromatic rings. The smallest absolute Gasteiger partial charge is 0.119 e. The average molecular weight is 201 g/mol. The molecule has 0 saturated carbocycles. The van der Waals surface area contributed by atoms with Crippen molar-refractivity contribution in [1.29, 1.82) is 0 Å². The second kappa shape index (κ2) is 4.32. The number of aryl methyl sites for hydroxylation is 1. The third-order valence-corrected chi connectivity index (χ3v) is 2.65. The maximum atomic E-state index is 9.79. The van der Waals surface area contributed by atoms with Gasteiger partial charge in [-0.25, -0.2) is 0 Å². The van der Waals surface area contributed by atoms with Gasteiger partial charge < -0.3 is 10.8 Å². The van der Waals surface area contributed by atoms with Gasteiger partial charge in [0.1, 0.15) is 5.75 Å². The van der Waals surface area contributed by atoms with E-state index in [1.807, 2.05) is 24.3 Å². The van der Waals surface area contributed by atoms with Crippen LogP contribution in [0.3, 0.4) is 0 Å². The Morgan fingerprint density at radius 2 is 1.87 bits per heavy atom. The van der Waals surface area contributed by atoms with E-state index in [0.717, 1.165) is 23.8 Å². The topological polar surface area (TPSA) is 46.2 Å². The molecule has 0 bridgehead atoms. The summed E-state index contributed by atoms with van der Waals surface area (Å²) in [7, 11) is 0. The molecule has 0 unspecified atom stereocenters. The minimum Gasteiger partial charge on any atom is -0.508 e. The number of fused-ring (bicyclic) bond motifs is 1. The van der Waals surface area contributed by atoms with Crippen molar-refractivity contribution in [2.75, 3.05) is 6.54 Å². The van der Waals surface area contributed by atoms with E-state index >= 15 is 0 Å². The van der Waals surface area contributed by atoms with Crippen LogP contribution in [0.2, 0.25) is 0 Å². The number of hydrogen-bond donors (Lipinski definition) is 2. The van der Waals surface area contributed by atoms with Gasteiger partial charge in [-0.1, -0.05) is 30.3 Å². The molecule has 2 rings (SSSR count). The fraction of sp³-hybridized carbons (Fsp3) is 0.231. The highest BCUT2D eigenvalue weighted by atomic mass is 16.3. The van der Waals surface area contributed by atoms with Gasteiger partial charge in [0.05, 0.1) is 0 Å². The number of nitrogens with two attached hydrogens (primary N) is 1. The lowest BCUT2D eigenvalue weighted by Gasteiger charge is -2.08. The summed E-state index contributed by atoms with van der Waals surface area (Å²) in [6, 6.07) is 11.8. The Hall–Kier alpha value is -1.54. The summed E-state index contributed by atoms with van der Waals surface area (Å²) in [5, 5.41) is 12.1. The molecule has 15 heavy (non-hydrogen) atoms. The highest BCUT2D eigenvalue weighted by Gasteiger charge is 2.05. The van der Waals surface area contributed by atoms with Gasteiger partial charge in [0, 0.05) is 5.56 Å². The van der Waals surface area contributed by atoms with Crippen LogP contribution in [0.25, 0.3) is 10.8 Å². The van der Waals surface area contributed by atoms with Gasteiger partial charge in [-0.05, 0) is 36.2 Å². The van der Waals surface area contributed by atoms with Crippen molar-refractivity contribution in [3.8, 4) is 5.75 Å². The first-order valence-corrected chi connectivity index (χ1v) is 5.22. The average Bonchev–Trinajstić information content (AvgIpc) is 2.28. The molecule has 0 amide bonds. The zero-order chi connectivity index (χ0) is 10.7. The van der Waals surface area contributed by atoms with Gasteiger partial charge in [0.25, 0.3) is 0 Å². The van der Waals surface area contributed by atoms with E-state index in [4.69, 9.17) is 5.73 Å². The second-order valence-corrected chi connectivity index (χ2v) is 3.68. The quantitative estimate of drug-likeness (QED) is 0.801. The third kappa shape index (κ3) is 1.95. The first-order chi connectivity index (χ1) is 7.33. The van der Waals surface area contributed by atoms with E-state index in [9.17, 15) is 5.11 Å². The van der Waals surface area contributed by atoms with Gasteiger partial charge in [-0.2, -0.15) is 0 Å². The molecule has 0 aromatic heterocycles. The molecular weight excluding hydrogens is 186 g/mol. The van der Waals surface area contributed by atoms with Crippen LogP contribution in [-0.4, -0.2) is 11.7 Å². The van der Waals surface area contributed by atoms with Crippen LogP contribution in [0.4, 0.5) is 0 Å². The van der Waals surface area contributed by atoms with Crippen molar-refractivity contribution >= 4 is 10.8 Å². The first-order valence-electron chi connectivity index (χ1n) is 5.22. The SMILES string of the molecule is NCCCc1c(O)ccc2ccccc12. The fourth-order valence-corrected chi connectivity index (χ4v) is 1.87. The van der Waals surface area contributed by atoms with E-state index in [-0.39, 0.29) is 0 Å². The normalized spacial score (nSPS) is 10.7. The van der Waals surface area contributed by atoms with Gasteiger partial charge in [0.2, 0.25) is 0 Å². The van der Waals surface area contributed by atoms with Crippen molar-refractivity contribution < 1.29 is 5.11 Å². The lowest BCUT2D eigenvalue weighted by Crippen LogP contribution is -2.00. The Bertz CT molecular complexity index is 465. The van der Waals surface area contributed by atoms with Crippen molar-refractivity contribution in [3.63, 3.8) is 0 Å². The molecule has 0 spiro atoms. The van der Waals surface area contributed by atoms with Crippen molar-refractivity contribution in [2.24, 2.45) is 5.73 Å². The van der Waals surface area contributed by atoms with Crippen LogP contribution >= 0.6 is 0 Å². The van der Waals surface area contributed by atoms with Crippen LogP contribution in [0.15, 0.2) is 36.4 Å². The summed E-state index contributed by atoms with van der Waals surface area (Å²) in [4.78, 5) is 0. The second-order valence-electron chi connectivity index (χ2n) is 3.68. The molecule has 0 aliphatic rings. The van der Waals surface area contributed by atoms with Gasteiger partial charge in [-0.3, -0.25) is 0 Å². The molecule has 2 nitrogen and oxygen atoms in total. The highest BCUT2D eigenvalue weighted by molar-refractivity contribution is 5.87. The predicted octanol–water partition coefficient (Wildman–Crippen LogP) is 2.44. The minimum absolute atomic E-state index is 0.377. The molecule has 2 heteroatoms. The van der Waals surface area contributed by atoms with Crippen LogP contribution in [0, 0.1) is 0 Å². The Labute approximate surface area is 89.3 Å². The van der Waals surface area contributed by atoms with Crippen LogP contribution < -0.4 is 5.73 Å². The maximum Gasteiger partial charge on any atom is 0.119 e. The largest absolute Gasteiger partial charge is 0.508 e. The Morgan fingerprint density at radius 3 is 2.67 bits per heavy atom. The van der Waals surface area contributed by atoms with Gasteiger partial charge >= 0.3 is 0 Å². The molecule has 0 atom stereocenters. The molecule has 0 fully saturated rings. The van der Waals surface area contributed by atoms with Crippen LogP contribution in [0.5, 0.6) is 5.75 Å². The van der Waals surface area contributed by atoms with Crippen molar-refractivity contribution in [2.45, 2.75) is 12.8 Å². The summed E-state index contributed by atoms with van der Waals surface area (Å²) < 4.78 is 0. The number of aromatic hydroxyl groups is 1. The molecule has 0 radical (unpaired) electrons. The zero-order valence-corrected chi connectivity index (χ0v) is 8.61. The molecule has 2 aromatic carbocycles. The highest BCUT2D eigenvalue weighted by Crippen LogP contribution is 2.27. The van der Waals surface area contributed by atoms with Crippen molar-refractivity contribution in [3.05, 3.63) is 42.0 Å². The fourth-order valence-electron chi connectivity index (χ4n) is 1.87. The summed E-state index contributed by atoms with van der Waals surface area (Å²) in [6.45, 7) is 0.655. The monoisotopic (exact) mass is 201 g/mol. The standard InChI is InChI=1S/C13H15NO/c14-9-3-6-12-11-5-2-1-4-10(11)7-8-13(12)15/h1-2,4-5,7-8,15H,3,6,9,14H2. The Morgan fingerprint density at radius 1 is 1.07 bits per heavy atom. The van der Waals surface area contributed by atoms with E-state index < -0.39 is 0 Å². The number of rotatable bonds is 3. The summed E-state index contributed by atoms with van der Waals surface area (Å²) in [5.41, 5.74) is 6.50. The summed E-state index contributed by atoms with van der Waals surface area (Å²) >= 11 is 0. The number of phenolic OH excluding ortho intramolecular Hbond substituents is 1. The Balaban J connectivity index is 2.53. The molecule has 0 aliphatic carbocycles. The third-order valence-electron chi connectivity index (χ3n) is 2.65. The predicted molar refractivity (Wildman–Crippen MR) is 63.0 cm³/mol. The first kappa shape index (κ1) is 9.99. The van der Waals surface area contributed by atoms with Gasteiger partial charge in [0.15, 0.2) is 0 Å². The van der Waals surface area contributed by atoms with E-state index in [0.29, 0.717) is 12.3 Å². The van der Waals surface area contributed by atoms with Crippen molar-refractivity contribution in [1.82, 2.24) is 0 Å². The number of phenols is 1. The van der Waals surface area contributed by atoms with Crippen LogP contribution in [0.1, 0.15) is 12.0 Å². The number of benzene rings is 2. The van der Waals surface area contributed by atoms with E-state index in [1.54, 1.807) is 6.07 Å². The lowest BCUT2D eigenvalue weighted by atomic mass is 10.00. The van der Waals surface area contributed by atoms with Gasteiger partial charge in [-0.15, -0.1) is 0 Å². The lowest BCUT2D eigenvalue weighted by molar-refractivity contribution is 0.468. The molecular formula is C13H15NO. The number of hydrogen-bond acceptors (Lipinski definition) is 2.